The summed E-state index contributed by atoms with van der Waals surface area (Å²) in [7, 11) is 0. The van der Waals surface area contributed by atoms with Crippen molar-refractivity contribution in [2.45, 2.75) is 32.8 Å². The lowest BCUT2D eigenvalue weighted by atomic mass is 9.91. The van der Waals surface area contributed by atoms with E-state index in [2.05, 4.69) is 5.32 Å². The largest absolute Gasteiger partial charge is 0.488 e. The predicted molar refractivity (Wildman–Crippen MR) is 82.2 cm³/mol. The Morgan fingerprint density at radius 2 is 2.00 bits per heavy atom. The summed E-state index contributed by atoms with van der Waals surface area (Å²) >= 11 is 12.4. The fourth-order valence-electron chi connectivity index (χ4n) is 2.36. The zero-order valence-corrected chi connectivity index (χ0v) is 13.2. The second kappa shape index (κ2) is 6.79. The van der Waals surface area contributed by atoms with Gasteiger partial charge in [0.25, 0.3) is 0 Å². The smallest absolute Gasteiger partial charge is 0.167 e. The summed E-state index contributed by atoms with van der Waals surface area (Å²) in [5, 5.41) is 4.02. The van der Waals surface area contributed by atoms with Gasteiger partial charge in [-0.2, -0.15) is 0 Å². The molecule has 1 fully saturated rings. The van der Waals surface area contributed by atoms with Crippen molar-refractivity contribution in [1.82, 2.24) is 5.32 Å². The monoisotopic (exact) mass is 315 g/mol. The van der Waals surface area contributed by atoms with Gasteiger partial charge in [0.15, 0.2) is 11.5 Å². The van der Waals surface area contributed by atoms with Gasteiger partial charge in [0.2, 0.25) is 0 Å². The summed E-state index contributed by atoms with van der Waals surface area (Å²) in [6.07, 6.45) is 1.91. The summed E-state index contributed by atoms with van der Waals surface area (Å²) in [6.45, 7) is 5.50. The molecule has 0 aliphatic carbocycles. The number of ketones is 1. The second-order valence-electron chi connectivity index (χ2n) is 5.34. The first-order valence-corrected chi connectivity index (χ1v) is 7.65. The van der Waals surface area contributed by atoms with E-state index in [1.54, 1.807) is 12.1 Å². The lowest BCUT2D eigenvalue weighted by Crippen LogP contribution is -2.34. The van der Waals surface area contributed by atoms with Gasteiger partial charge in [-0.25, -0.2) is 0 Å². The van der Waals surface area contributed by atoms with Gasteiger partial charge in [0, 0.05) is 18.0 Å². The van der Waals surface area contributed by atoms with E-state index in [0.717, 1.165) is 25.9 Å². The molecule has 0 saturated carbocycles. The first-order valence-electron chi connectivity index (χ1n) is 6.89. The molecule has 1 aromatic rings. The Labute approximate surface area is 129 Å². The minimum Gasteiger partial charge on any atom is -0.488 e. The zero-order valence-electron chi connectivity index (χ0n) is 11.7. The van der Waals surface area contributed by atoms with Crippen LogP contribution in [-0.4, -0.2) is 25.0 Å². The standard InChI is InChI=1S/C15H19Cl2NO2/c1-9(2)20-15-12(16)6-11(7-13(15)17)14(19)10-4-3-5-18-8-10/h6-7,9-10,18H,3-5,8H2,1-2H3. The number of hydrogen-bond donors (Lipinski definition) is 1. The highest BCUT2D eigenvalue weighted by Crippen LogP contribution is 2.35. The van der Waals surface area contributed by atoms with E-state index < -0.39 is 0 Å². The average Bonchev–Trinajstić information content (AvgIpc) is 2.42. The number of carbonyl (C=O) groups is 1. The minimum absolute atomic E-state index is 0.00718. The van der Waals surface area contributed by atoms with Crippen LogP contribution in [0.4, 0.5) is 0 Å². The maximum Gasteiger partial charge on any atom is 0.167 e. The maximum absolute atomic E-state index is 12.4. The number of halogens is 2. The Balaban J connectivity index is 2.22. The zero-order chi connectivity index (χ0) is 14.7. The molecule has 1 aliphatic heterocycles. The number of rotatable bonds is 4. The third-order valence-corrected chi connectivity index (χ3v) is 3.87. The number of benzene rings is 1. The van der Waals surface area contributed by atoms with Gasteiger partial charge in [0.05, 0.1) is 16.1 Å². The van der Waals surface area contributed by atoms with E-state index in [1.165, 1.54) is 0 Å². The highest BCUT2D eigenvalue weighted by molar-refractivity contribution is 6.37. The number of piperidine rings is 1. The van der Waals surface area contributed by atoms with Crippen molar-refractivity contribution < 1.29 is 9.53 Å². The summed E-state index contributed by atoms with van der Waals surface area (Å²) in [5.41, 5.74) is 0.560. The summed E-state index contributed by atoms with van der Waals surface area (Å²) < 4.78 is 5.57. The molecular formula is C15H19Cl2NO2. The van der Waals surface area contributed by atoms with Crippen LogP contribution in [0.15, 0.2) is 12.1 Å². The number of carbonyl (C=O) groups excluding carboxylic acids is 1. The van der Waals surface area contributed by atoms with Crippen LogP contribution in [-0.2, 0) is 0 Å². The van der Waals surface area contributed by atoms with Crippen molar-refractivity contribution >= 4 is 29.0 Å². The molecular weight excluding hydrogens is 297 g/mol. The Morgan fingerprint density at radius 1 is 1.35 bits per heavy atom. The predicted octanol–water partition coefficient (Wildman–Crippen LogP) is 3.96. The Kier molecular flexibility index (Phi) is 5.30. The highest BCUT2D eigenvalue weighted by atomic mass is 35.5. The molecule has 1 aromatic carbocycles. The van der Waals surface area contributed by atoms with Gasteiger partial charge >= 0.3 is 0 Å². The van der Waals surface area contributed by atoms with Crippen LogP contribution in [0.5, 0.6) is 5.75 Å². The van der Waals surface area contributed by atoms with Crippen molar-refractivity contribution in [2.75, 3.05) is 13.1 Å². The minimum atomic E-state index is -0.0194. The molecule has 0 aromatic heterocycles. The molecule has 110 valence electrons. The maximum atomic E-state index is 12.4. The fraction of sp³-hybridized carbons (Fsp3) is 0.533. The first kappa shape index (κ1) is 15.6. The second-order valence-corrected chi connectivity index (χ2v) is 6.16. The van der Waals surface area contributed by atoms with Gasteiger partial charge in [-0.1, -0.05) is 23.2 Å². The topological polar surface area (TPSA) is 38.3 Å². The summed E-state index contributed by atoms with van der Waals surface area (Å²) in [4.78, 5) is 12.4. The van der Waals surface area contributed by atoms with Crippen LogP contribution in [0, 0.1) is 5.92 Å². The van der Waals surface area contributed by atoms with E-state index >= 15 is 0 Å². The third kappa shape index (κ3) is 3.66. The molecule has 1 saturated heterocycles. The van der Waals surface area contributed by atoms with E-state index in [9.17, 15) is 4.79 Å². The molecule has 1 N–H and O–H groups in total. The van der Waals surface area contributed by atoms with Gasteiger partial charge in [-0.15, -0.1) is 0 Å². The molecule has 3 nitrogen and oxygen atoms in total. The van der Waals surface area contributed by atoms with Crippen LogP contribution in [0.3, 0.4) is 0 Å². The van der Waals surface area contributed by atoms with Crippen LogP contribution in [0.25, 0.3) is 0 Å². The molecule has 0 bridgehead atoms. The normalized spacial score (nSPS) is 19.1. The molecule has 0 amide bonds. The number of ether oxygens (including phenoxy) is 1. The highest BCUT2D eigenvalue weighted by Gasteiger charge is 2.24. The van der Waals surface area contributed by atoms with E-state index in [1.807, 2.05) is 13.8 Å². The molecule has 2 rings (SSSR count). The van der Waals surface area contributed by atoms with Gasteiger partial charge < -0.3 is 10.1 Å². The van der Waals surface area contributed by atoms with Crippen molar-refractivity contribution in [1.29, 1.82) is 0 Å². The lowest BCUT2D eigenvalue weighted by Gasteiger charge is -2.22. The molecule has 1 aliphatic rings. The quantitative estimate of drug-likeness (QED) is 0.855. The molecule has 5 heteroatoms. The Hall–Kier alpha value is -0.770. The van der Waals surface area contributed by atoms with E-state index in [4.69, 9.17) is 27.9 Å². The average molecular weight is 316 g/mol. The molecule has 0 spiro atoms. The van der Waals surface area contributed by atoms with Crippen molar-refractivity contribution in [3.05, 3.63) is 27.7 Å². The van der Waals surface area contributed by atoms with Gasteiger partial charge in [-0.05, 0) is 45.4 Å². The van der Waals surface area contributed by atoms with Crippen molar-refractivity contribution in [3.8, 4) is 5.75 Å². The van der Waals surface area contributed by atoms with E-state index in [-0.39, 0.29) is 17.8 Å². The number of hydrogen-bond acceptors (Lipinski definition) is 3. The lowest BCUT2D eigenvalue weighted by molar-refractivity contribution is 0.0899. The van der Waals surface area contributed by atoms with Crippen molar-refractivity contribution in [2.24, 2.45) is 5.92 Å². The molecule has 20 heavy (non-hydrogen) atoms. The molecule has 1 heterocycles. The SMILES string of the molecule is CC(C)Oc1c(Cl)cc(C(=O)C2CCCNC2)cc1Cl. The van der Waals surface area contributed by atoms with Crippen LogP contribution >= 0.6 is 23.2 Å². The van der Waals surface area contributed by atoms with Crippen LogP contribution < -0.4 is 10.1 Å². The first-order chi connectivity index (χ1) is 9.49. The van der Waals surface area contributed by atoms with E-state index in [0.29, 0.717) is 21.4 Å². The Bertz CT molecular complexity index is 474. The Morgan fingerprint density at radius 3 is 2.50 bits per heavy atom. The van der Waals surface area contributed by atoms with Crippen molar-refractivity contribution in [3.63, 3.8) is 0 Å². The molecule has 1 atom stereocenters. The summed E-state index contributed by atoms with van der Waals surface area (Å²) in [6, 6.07) is 3.31. The number of nitrogens with one attached hydrogen (secondary N) is 1. The van der Waals surface area contributed by atoms with Gasteiger partial charge in [0.1, 0.15) is 0 Å². The van der Waals surface area contributed by atoms with Crippen LogP contribution in [0.1, 0.15) is 37.0 Å². The fourth-order valence-corrected chi connectivity index (χ4v) is 2.94. The third-order valence-electron chi connectivity index (χ3n) is 3.30. The molecule has 1 unspecified atom stereocenters. The summed E-state index contributed by atoms with van der Waals surface area (Å²) in [5.74, 6) is 0.548. The number of Topliss-reactive ketones (excluding diaryl/α,β-unsaturated/α-hetero) is 1. The van der Waals surface area contributed by atoms with Gasteiger partial charge in [-0.3, -0.25) is 4.79 Å². The molecule has 0 radical (unpaired) electrons. The van der Waals surface area contributed by atoms with Crippen LogP contribution in [0.2, 0.25) is 10.0 Å².